The fourth-order valence-corrected chi connectivity index (χ4v) is 2.47. The zero-order valence-electron chi connectivity index (χ0n) is 14.8. The SMILES string of the molecule is CCC(C)C(=O)CCCCCCNc1ccc(C(C)C)cc1. The van der Waals surface area contributed by atoms with Crippen LogP contribution in [0.3, 0.4) is 0 Å². The lowest BCUT2D eigenvalue weighted by atomic mass is 9.98. The first-order valence-electron chi connectivity index (χ1n) is 8.91. The summed E-state index contributed by atoms with van der Waals surface area (Å²) in [6.45, 7) is 9.57. The van der Waals surface area contributed by atoms with Crippen LogP contribution in [0.4, 0.5) is 5.69 Å². The van der Waals surface area contributed by atoms with E-state index in [1.807, 2.05) is 6.92 Å². The number of hydrogen-bond acceptors (Lipinski definition) is 2. The molecule has 0 aromatic heterocycles. The molecule has 0 radical (unpaired) electrons. The number of ketones is 1. The van der Waals surface area contributed by atoms with Crippen molar-refractivity contribution >= 4 is 11.5 Å². The largest absolute Gasteiger partial charge is 0.385 e. The maximum Gasteiger partial charge on any atom is 0.135 e. The van der Waals surface area contributed by atoms with Gasteiger partial charge in [-0.05, 0) is 42.9 Å². The molecule has 1 unspecified atom stereocenters. The van der Waals surface area contributed by atoms with Crippen molar-refractivity contribution in [3.63, 3.8) is 0 Å². The van der Waals surface area contributed by atoms with Gasteiger partial charge in [-0.15, -0.1) is 0 Å². The van der Waals surface area contributed by atoms with Crippen LogP contribution in [0.5, 0.6) is 0 Å². The lowest BCUT2D eigenvalue weighted by Gasteiger charge is -2.09. The van der Waals surface area contributed by atoms with Gasteiger partial charge in [0.05, 0.1) is 0 Å². The first-order chi connectivity index (χ1) is 10.5. The van der Waals surface area contributed by atoms with Crippen LogP contribution >= 0.6 is 0 Å². The van der Waals surface area contributed by atoms with E-state index in [1.54, 1.807) is 0 Å². The summed E-state index contributed by atoms with van der Waals surface area (Å²) in [5.74, 6) is 1.27. The summed E-state index contributed by atoms with van der Waals surface area (Å²) in [5, 5.41) is 3.47. The second-order valence-electron chi connectivity index (χ2n) is 6.64. The predicted molar refractivity (Wildman–Crippen MR) is 96.6 cm³/mol. The molecule has 1 N–H and O–H groups in total. The van der Waals surface area contributed by atoms with E-state index in [-0.39, 0.29) is 5.92 Å². The van der Waals surface area contributed by atoms with Crippen LogP contribution in [0.1, 0.15) is 77.7 Å². The molecule has 0 bridgehead atoms. The molecule has 124 valence electrons. The van der Waals surface area contributed by atoms with Crippen LogP contribution in [0, 0.1) is 5.92 Å². The van der Waals surface area contributed by atoms with Crippen LogP contribution < -0.4 is 5.32 Å². The molecule has 0 amide bonds. The second kappa shape index (κ2) is 10.4. The standard InChI is InChI=1S/C20H33NO/c1-5-17(4)20(22)10-8-6-7-9-15-21-19-13-11-18(12-14-19)16(2)3/h11-14,16-17,21H,5-10,15H2,1-4H3. The fourth-order valence-electron chi connectivity index (χ4n) is 2.47. The molecule has 1 aromatic carbocycles. The highest BCUT2D eigenvalue weighted by Crippen LogP contribution is 2.17. The van der Waals surface area contributed by atoms with Gasteiger partial charge in [0.25, 0.3) is 0 Å². The van der Waals surface area contributed by atoms with Gasteiger partial charge in [0.15, 0.2) is 0 Å². The summed E-state index contributed by atoms with van der Waals surface area (Å²) in [6.07, 6.45) is 6.31. The third-order valence-electron chi connectivity index (χ3n) is 4.42. The third-order valence-corrected chi connectivity index (χ3v) is 4.42. The minimum absolute atomic E-state index is 0.246. The minimum atomic E-state index is 0.246. The molecular weight excluding hydrogens is 270 g/mol. The number of unbranched alkanes of at least 4 members (excludes halogenated alkanes) is 3. The molecule has 0 fully saturated rings. The highest BCUT2D eigenvalue weighted by Gasteiger charge is 2.09. The van der Waals surface area contributed by atoms with Crippen molar-refractivity contribution < 1.29 is 4.79 Å². The molecule has 0 heterocycles. The van der Waals surface area contributed by atoms with E-state index < -0.39 is 0 Å². The van der Waals surface area contributed by atoms with Crippen molar-refractivity contribution in [3.8, 4) is 0 Å². The molecular formula is C20H33NO. The van der Waals surface area contributed by atoms with Gasteiger partial charge in [-0.1, -0.05) is 52.7 Å². The first kappa shape index (κ1) is 18.7. The average Bonchev–Trinajstić information content (AvgIpc) is 2.53. The average molecular weight is 303 g/mol. The number of carbonyl (C=O) groups excluding carboxylic acids is 1. The van der Waals surface area contributed by atoms with Crippen LogP contribution in [-0.4, -0.2) is 12.3 Å². The van der Waals surface area contributed by atoms with Gasteiger partial charge < -0.3 is 5.32 Å². The molecule has 1 atom stereocenters. The number of carbonyl (C=O) groups is 1. The van der Waals surface area contributed by atoms with Crippen molar-refractivity contribution in [2.75, 3.05) is 11.9 Å². The summed E-state index contributed by atoms with van der Waals surface area (Å²) in [5.41, 5.74) is 2.59. The van der Waals surface area contributed by atoms with Gasteiger partial charge in [0, 0.05) is 24.6 Å². The zero-order chi connectivity index (χ0) is 16.4. The number of hydrogen-bond donors (Lipinski definition) is 1. The Morgan fingerprint density at radius 1 is 1.00 bits per heavy atom. The Labute approximate surface area is 136 Å². The molecule has 0 aliphatic carbocycles. The first-order valence-corrected chi connectivity index (χ1v) is 8.91. The summed E-state index contributed by atoms with van der Waals surface area (Å²) in [4.78, 5) is 11.7. The van der Waals surface area contributed by atoms with Crippen molar-refractivity contribution in [1.82, 2.24) is 0 Å². The molecule has 1 aromatic rings. The van der Waals surface area contributed by atoms with E-state index in [0.29, 0.717) is 11.7 Å². The molecule has 0 spiro atoms. The molecule has 0 aliphatic rings. The van der Waals surface area contributed by atoms with Gasteiger partial charge in [0.1, 0.15) is 5.78 Å². The molecule has 0 saturated heterocycles. The van der Waals surface area contributed by atoms with Crippen molar-refractivity contribution in [2.45, 2.75) is 72.1 Å². The predicted octanol–water partition coefficient (Wildman–Crippen LogP) is 5.79. The second-order valence-corrected chi connectivity index (χ2v) is 6.64. The number of rotatable bonds is 11. The van der Waals surface area contributed by atoms with E-state index >= 15 is 0 Å². The maximum absolute atomic E-state index is 11.7. The Kier molecular flexibility index (Phi) is 8.88. The summed E-state index contributed by atoms with van der Waals surface area (Å²) >= 11 is 0. The Morgan fingerprint density at radius 2 is 1.64 bits per heavy atom. The quantitative estimate of drug-likeness (QED) is 0.524. The van der Waals surface area contributed by atoms with Crippen molar-refractivity contribution in [1.29, 1.82) is 0 Å². The minimum Gasteiger partial charge on any atom is -0.385 e. The Hall–Kier alpha value is -1.31. The van der Waals surface area contributed by atoms with E-state index in [1.165, 1.54) is 24.1 Å². The zero-order valence-corrected chi connectivity index (χ0v) is 14.8. The summed E-state index contributed by atoms with van der Waals surface area (Å²) in [6, 6.07) is 8.74. The monoisotopic (exact) mass is 303 g/mol. The van der Waals surface area contributed by atoms with Crippen LogP contribution in [0.15, 0.2) is 24.3 Å². The molecule has 0 saturated carbocycles. The number of Topliss-reactive ketones (excluding diaryl/α,β-unsaturated/α-hetero) is 1. The Bertz CT molecular complexity index is 422. The van der Waals surface area contributed by atoms with Crippen molar-refractivity contribution in [3.05, 3.63) is 29.8 Å². The Balaban J connectivity index is 2.07. The van der Waals surface area contributed by atoms with Gasteiger partial charge in [-0.2, -0.15) is 0 Å². The van der Waals surface area contributed by atoms with Gasteiger partial charge in [0.2, 0.25) is 0 Å². The number of benzene rings is 1. The third kappa shape index (κ3) is 7.11. The van der Waals surface area contributed by atoms with Gasteiger partial charge in [-0.3, -0.25) is 4.79 Å². The van der Waals surface area contributed by atoms with E-state index in [4.69, 9.17) is 0 Å². The molecule has 2 nitrogen and oxygen atoms in total. The highest BCUT2D eigenvalue weighted by molar-refractivity contribution is 5.80. The van der Waals surface area contributed by atoms with Crippen LogP contribution in [0.2, 0.25) is 0 Å². The van der Waals surface area contributed by atoms with Gasteiger partial charge >= 0.3 is 0 Å². The smallest absolute Gasteiger partial charge is 0.135 e. The van der Waals surface area contributed by atoms with E-state index in [0.717, 1.165) is 32.2 Å². The lowest BCUT2D eigenvalue weighted by Crippen LogP contribution is -2.09. The van der Waals surface area contributed by atoms with Crippen LogP contribution in [0.25, 0.3) is 0 Å². The van der Waals surface area contributed by atoms with Crippen LogP contribution in [-0.2, 0) is 4.79 Å². The normalized spacial score (nSPS) is 12.4. The topological polar surface area (TPSA) is 29.1 Å². The van der Waals surface area contributed by atoms with E-state index in [9.17, 15) is 4.79 Å². The molecule has 0 aliphatic heterocycles. The fraction of sp³-hybridized carbons (Fsp3) is 0.650. The molecule has 2 heteroatoms. The summed E-state index contributed by atoms with van der Waals surface area (Å²) < 4.78 is 0. The highest BCUT2D eigenvalue weighted by atomic mass is 16.1. The molecule has 22 heavy (non-hydrogen) atoms. The Morgan fingerprint density at radius 3 is 2.23 bits per heavy atom. The van der Waals surface area contributed by atoms with Crippen molar-refractivity contribution in [2.24, 2.45) is 5.92 Å². The maximum atomic E-state index is 11.7. The molecule has 1 rings (SSSR count). The lowest BCUT2D eigenvalue weighted by molar-refractivity contribution is -0.122. The number of nitrogens with one attached hydrogen (secondary N) is 1. The van der Waals surface area contributed by atoms with Gasteiger partial charge in [-0.25, -0.2) is 0 Å². The summed E-state index contributed by atoms with van der Waals surface area (Å²) in [7, 11) is 0. The van der Waals surface area contributed by atoms with E-state index in [2.05, 4.69) is 50.4 Å². The number of anilines is 1.